The van der Waals surface area contributed by atoms with Crippen molar-refractivity contribution >= 4 is 55.7 Å². The number of alkyl halides is 3. The molecule has 8 rings (SSSR count). The first kappa shape index (κ1) is 39.3. The zero-order valence-corrected chi connectivity index (χ0v) is 31.7. The van der Waals surface area contributed by atoms with E-state index in [4.69, 9.17) is 14.1 Å². The third-order valence-corrected chi connectivity index (χ3v) is 13.0. The molecule has 0 radical (unpaired) electrons. The van der Waals surface area contributed by atoms with Gasteiger partial charge in [0.1, 0.15) is 40.6 Å². The van der Waals surface area contributed by atoms with Crippen molar-refractivity contribution in [3.8, 4) is 17.0 Å². The first-order valence-electron chi connectivity index (χ1n) is 19.1. The molecule has 3 N–H and O–H groups in total. The lowest BCUT2D eigenvalue weighted by atomic mass is 10.0. The fraction of sp³-hybridized carbons (Fsp3) is 0.425. The molecular formula is C40H39F4N5O8S. The van der Waals surface area contributed by atoms with Crippen LogP contribution in [0.1, 0.15) is 57.8 Å². The molecule has 2 aliphatic heterocycles. The molecule has 306 valence electrons. The summed E-state index contributed by atoms with van der Waals surface area (Å²) in [6.07, 6.45) is -0.421. The van der Waals surface area contributed by atoms with E-state index in [2.05, 4.69) is 10.0 Å². The van der Waals surface area contributed by atoms with E-state index in [0.717, 1.165) is 4.90 Å². The van der Waals surface area contributed by atoms with E-state index in [1.54, 1.807) is 42.5 Å². The van der Waals surface area contributed by atoms with E-state index in [1.807, 2.05) is 5.32 Å². The first-order valence-corrected chi connectivity index (χ1v) is 20.7. The molecule has 5 atom stereocenters. The molecule has 0 unspecified atom stereocenters. The molecule has 1 saturated heterocycles. The minimum atomic E-state index is -5.29. The number of rotatable bonds is 7. The summed E-state index contributed by atoms with van der Waals surface area (Å²) in [7, 11) is -4.01. The monoisotopic (exact) mass is 825 g/mol. The number of fused-ring (bicyclic) bond motifs is 5. The SMILES string of the molecule is O=C1N[C@]2(C(=O)NS(=O)(=O)C3CC3)C[C@@H]2/C=C\CCCCC[C@H](NC(=O)C(F)(F)F)C(=O)N2C[C@H](Oc3cc(-c4ccc(F)cc4)nc4c3oc3ccccc34)C[C@@H]12. The zero-order valence-electron chi connectivity index (χ0n) is 30.9. The number of halogens is 4. The van der Waals surface area contributed by atoms with Crippen molar-refractivity contribution in [1.29, 1.82) is 0 Å². The standard InChI is InChI=1S/C40H39F4N5O8S/c41-24-14-12-22(13-15-24)29-19-32(34-33(45-29)27-9-6-7-11-31(27)57-34)56-25-18-30-35(50)47-39(37(52)48-58(54,55)26-16-17-26)20-23(39)8-4-2-1-3-5-10-28(36(51)49(30)21-25)46-38(53)40(42,43)44/h4,6-9,11-15,19,23,25-26,28,30H,1-3,5,10,16-18,20-21H2,(H,46,53)(H,47,50)(H,48,52)/b8-4-/t23-,25+,28-,30-,39+/m0/s1. The molecule has 3 fully saturated rings. The van der Waals surface area contributed by atoms with Crippen molar-refractivity contribution in [1.82, 2.24) is 25.2 Å². The van der Waals surface area contributed by atoms with Crippen LogP contribution in [0.3, 0.4) is 0 Å². The Morgan fingerprint density at radius 3 is 2.52 bits per heavy atom. The largest absolute Gasteiger partial charge is 0.484 e. The van der Waals surface area contributed by atoms with Gasteiger partial charge in [-0.1, -0.05) is 37.1 Å². The summed E-state index contributed by atoms with van der Waals surface area (Å²) in [5.74, 6) is -5.95. The fourth-order valence-electron chi connectivity index (χ4n) is 7.78. The van der Waals surface area contributed by atoms with Crippen LogP contribution in [0.15, 0.2) is 71.2 Å². The molecule has 2 saturated carbocycles. The quantitative estimate of drug-likeness (QED) is 0.167. The van der Waals surface area contributed by atoms with Crippen molar-refractivity contribution in [3.63, 3.8) is 0 Å². The van der Waals surface area contributed by atoms with Gasteiger partial charge >= 0.3 is 12.1 Å². The number of para-hydroxylation sites is 1. The number of sulfonamides is 1. The molecule has 13 nitrogen and oxygen atoms in total. The summed E-state index contributed by atoms with van der Waals surface area (Å²) in [4.78, 5) is 60.4. The smallest absolute Gasteiger partial charge is 0.471 e. The minimum Gasteiger partial charge on any atom is -0.484 e. The van der Waals surface area contributed by atoms with Gasteiger partial charge in [-0.2, -0.15) is 13.2 Å². The van der Waals surface area contributed by atoms with E-state index < -0.39 is 80.5 Å². The number of nitrogens with zero attached hydrogens (tertiary/aromatic N) is 2. The van der Waals surface area contributed by atoms with Gasteiger partial charge in [0.25, 0.3) is 5.91 Å². The Bertz CT molecular complexity index is 2430. The fourth-order valence-corrected chi connectivity index (χ4v) is 9.14. The summed E-state index contributed by atoms with van der Waals surface area (Å²) in [5, 5.41) is 4.46. The second-order valence-electron chi connectivity index (χ2n) is 15.3. The normalized spacial score (nSPS) is 26.2. The van der Waals surface area contributed by atoms with Gasteiger partial charge in [0.15, 0.2) is 11.3 Å². The lowest BCUT2D eigenvalue weighted by Gasteiger charge is -2.30. The number of carbonyl (C=O) groups is 4. The molecule has 0 bridgehead atoms. The Morgan fingerprint density at radius 2 is 1.78 bits per heavy atom. The number of amides is 4. The number of hydrogen-bond donors (Lipinski definition) is 3. The molecule has 2 aliphatic carbocycles. The lowest BCUT2D eigenvalue weighted by molar-refractivity contribution is -0.175. The van der Waals surface area contributed by atoms with Crippen LogP contribution >= 0.6 is 0 Å². The molecule has 2 aromatic carbocycles. The van der Waals surface area contributed by atoms with Gasteiger partial charge in [-0.3, -0.25) is 23.9 Å². The van der Waals surface area contributed by atoms with Gasteiger partial charge < -0.3 is 24.7 Å². The Balaban J connectivity index is 1.15. The van der Waals surface area contributed by atoms with Gasteiger partial charge in [0.05, 0.1) is 17.5 Å². The number of nitrogens with one attached hydrogen (secondary N) is 3. The molecule has 4 heterocycles. The Morgan fingerprint density at radius 1 is 1.02 bits per heavy atom. The maximum absolute atomic E-state index is 14.4. The maximum Gasteiger partial charge on any atom is 0.471 e. The van der Waals surface area contributed by atoms with Crippen LogP contribution in [0.2, 0.25) is 0 Å². The van der Waals surface area contributed by atoms with E-state index in [1.165, 1.54) is 24.3 Å². The highest BCUT2D eigenvalue weighted by Gasteiger charge is 2.62. The average Bonchev–Trinajstić information content (AvgIpc) is 4.08. The second kappa shape index (κ2) is 15.0. The van der Waals surface area contributed by atoms with Gasteiger partial charge in [-0.25, -0.2) is 17.8 Å². The highest BCUT2D eigenvalue weighted by Crippen LogP contribution is 2.46. The van der Waals surface area contributed by atoms with E-state index in [0.29, 0.717) is 59.8 Å². The minimum absolute atomic E-state index is 0.0688. The van der Waals surface area contributed by atoms with Crippen LogP contribution in [-0.4, -0.2) is 83.6 Å². The Hall–Kier alpha value is -5.52. The van der Waals surface area contributed by atoms with Crippen LogP contribution in [0.5, 0.6) is 5.75 Å². The molecule has 0 spiro atoms. The highest BCUT2D eigenvalue weighted by atomic mass is 32.2. The van der Waals surface area contributed by atoms with Crippen molar-refractivity contribution < 1.29 is 54.3 Å². The van der Waals surface area contributed by atoms with E-state index >= 15 is 0 Å². The number of aromatic nitrogens is 1. The number of ether oxygens (including phenoxy) is 1. The summed E-state index contributed by atoms with van der Waals surface area (Å²) in [5.41, 5.74) is 0.350. The summed E-state index contributed by atoms with van der Waals surface area (Å²) in [6.45, 7) is -0.330. The highest BCUT2D eigenvalue weighted by molar-refractivity contribution is 7.91. The number of allylic oxidation sites excluding steroid dienone is 1. The van der Waals surface area contributed by atoms with Gasteiger partial charge in [-0.05, 0) is 74.9 Å². The molecule has 58 heavy (non-hydrogen) atoms. The lowest BCUT2D eigenvalue weighted by Crippen LogP contribution is -2.58. The third kappa shape index (κ3) is 7.85. The average molecular weight is 826 g/mol. The van der Waals surface area contributed by atoms with Crippen molar-refractivity contribution in [2.75, 3.05) is 6.54 Å². The predicted octanol–water partition coefficient (Wildman–Crippen LogP) is 5.19. The third-order valence-electron chi connectivity index (χ3n) is 11.1. The molecule has 4 aromatic rings. The molecular weight excluding hydrogens is 787 g/mol. The Kier molecular flexibility index (Phi) is 10.2. The van der Waals surface area contributed by atoms with Crippen LogP contribution in [0.4, 0.5) is 17.6 Å². The molecule has 4 amide bonds. The van der Waals surface area contributed by atoms with Gasteiger partial charge in [0, 0.05) is 29.4 Å². The van der Waals surface area contributed by atoms with E-state index in [9.17, 15) is 45.2 Å². The summed E-state index contributed by atoms with van der Waals surface area (Å²) in [6, 6.07) is 11.1. The van der Waals surface area contributed by atoms with E-state index in [-0.39, 0.29) is 43.6 Å². The topological polar surface area (TPSA) is 177 Å². The number of pyridine rings is 1. The summed E-state index contributed by atoms with van der Waals surface area (Å²) >= 11 is 0. The zero-order chi connectivity index (χ0) is 41.0. The van der Waals surface area contributed by atoms with Crippen LogP contribution in [0, 0.1) is 11.7 Å². The van der Waals surface area contributed by atoms with Crippen LogP contribution < -0.4 is 20.1 Å². The molecule has 2 aromatic heterocycles. The molecule has 18 heteroatoms. The number of benzene rings is 2. The second-order valence-corrected chi connectivity index (χ2v) is 17.3. The predicted molar refractivity (Wildman–Crippen MR) is 201 cm³/mol. The number of hydrogen-bond acceptors (Lipinski definition) is 9. The van der Waals surface area contributed by atoms with Gasteiger partial charge in [-0.15, -0.1) is 0 Å². The first-order chi connectivity index (χ1) is 27.6. The van der Waals surface area contributed by atoms with Crippen molar-refractivity contribution in [2.24, 2.45) is 5.92 Å². The Labute approximate surface area is 329 Å². The maximum atomic E-state index is 14.4. The number of carbonyl (C=O) groups excluding carboxylic acids is 4. The number of furan rings is 1. The van der Waals surface area contributed by atoms with Gasteiger partial charge in [0.2, 0.25) is 21.8 Å². The molecule has 4 aliphatic rings. The van der Waals surface area contributed by atoms with Crippen LogP contribution in [0.25, 0.3) is 33.3 Å². The summed E-state index contributed by atoms with van der Waals surface area (Å²) < 4.78 is 94.9. The van der Waals surface area contributed by atoms with Crippen molar-refractivity contribution in [2.45, 2.75) is 92.9 Å². The van der Waals surface area contributed by atoms with Crippen molar-refractivity contribution in [3.05, 3.63) is 72.6 Å². The van der Waals surface area contributed by atoms with Crippen LogP contribution in [-0.2, 0) is 29.2 Å².